The molecule has 210 valence electrons. The molecule has 1 heterocycles. The number of aromatic carboxylic acids is 1. The third-order valence-corrected chi connectivity index (χ3v) is 9.69. The summed E-state index contributed by atoms with van der Waals surface area (Å²) < 4.78 is 29.8. The average Bonchev–Trinajstić information content (AvgIpc) is 3.19. The van der Waals surface area contributed by atoms with Crippen LogP contribution in [0, 0.1) is 34.8 Å². The van der Waals surface area contributed by atoms with Gasteiger partial charge in [-0.3, -0.25) is 4.79 Å². The number of hydrogen-bond donors (Lipinski definition) is 2. The molecule has 4 bridgehead atoms. The predicted octanol–water partition coefficient (Wildman–Crippen LogP) is 8.14. The Morgan fingerprint density at radius 2 is 1.56 bits per heavy atom. The SMILES string of the molecule is O=C(O)c1c(NC(=O)C23CC4CC(CC(C4)C2)C3)c2ccc(-c3cc(F)cc(F)c3)cc2n1Cc1cccc(Cl)c1. The van der Waals surface area contributed by atoms with Crippen LogP contribution < -0.4 is 5.32 Å². The summed E-state index contributed by atoms with van der Waals surface area (Å²) in [6.07, 6.45) is 6.12. The molecule has 8 heteroatoms. The maximum absolute atomic E-state index is 14.1. The Kier molecular flexibility index (Phi) is 6.19. The largest absolute Gasteiger partial charge is 0.477 e. The zero-order valence-electron chi connectivity index (χ0n) is 22.3. The van der Waals surface area contributed by atoms with Gasteiger partial charge >= 0.3 is 5.97 Å². The van der Waals surface area contributed by atoms with Gasteiger partial charge < -0.3 is 15.0 Å². The minimum absolute atomic E-state index is 0.0411. The predicted molar refractivity (Wildman–Crippen MR) is 154 cm³/mol. The molecule has 41 heavy (non-hydrogen) atoms. The van der Waals surface area contributed by atoms with Crippen LogP contribution in [0.2, 0.25) is 5.02 Å². The number of rotatable bonds is 6. The number of halogens is 3. The minimum Gasteiger partial charge on any atom is -0.477 e. The number of amides is 1. The molecule has 5 nitrogen and oxygen atoms in total. The highest BCUT2D eigenvalue weighted by atomic mass is 35.5. The Morgan fingerprint density at radius 1 is 0.902 bits per heavy atom. The molecule has 0 radical (unpaired) electrons. The summed E-state index contributed by atoms with van der Waals surface area (Å²) in [6.45, 7) is 0.174. The lowest BCUT2D eigenvalue weighted by atomic mass is 9.49. The first-order valence-corrected chi connectivity index (χ1v) is 14.5. The first kappa shape index (κ1) is 26.2. The van der Waals surface area contributed by atoms with Crippen molar-refractivity contribution in [2.24, 2.45) is 23.2 Å². The van der Waals surface area contributed by atoms with Crippen molar-refractivity contribution in [2.45, 2.75) is 45.1 Å². The number of carbonyl (C=O) groups excluding carboxylic acids is 1. The van der Waals surface area contributed by atoms with Gasteiger partial charge in [-0.1, -0.05) is 35.9 Å². The van der Waals surface area contributed by atoms with E-state index in [0.29, 0.717) is 44.8 Å². The molecule has 3 aromatic carbocycles. The highest BCUT2D eigenvalue weighted by Gasteiger charge is 2.54. The van der Waals surface area contributed by atoms with Gasteiger partial charge in [0.15, 0.2) is 5.69 Å². The maximum atomic E-state index is 14.1. The van der Waals surface area contributed by atoms with Crippen molar-refractivity contribution in [1.29, 1.82) is 0 Å². The van der Waals surface area contributed by atoms with Gasteiger partial charge in [0.25, 0.3) is 0 Å². The lowest BCUT2D eigenvalue weighted by molar-refractivity contribution is -0.140. The molecule has 0 saturated heterocycles. The number of carboxylic acid groups (broad SMARTS) is 1. The van der Waals surface area contributed by atoms with Crippen molar-refractivity contribution in [3.8, 4) is 11.1 Å². The third kappa shape index (κ3) is 4.60. The number of aromatic nitrogens is 1. The van der Waals surface area contributed by atoms with Gasteiger partial charge in [-0.2, -0.15) is 0 Å². The number of carbonyl (C=O) groups is 2. The van der Waals surface area contributed by atoms with Gasteiger partial charge in [0.05, 0.1) is 16.6 Å². The molecule has 2 N–H and O–H groups in total. The van der Waals surface area contributed by atoms with Crippen LogP contribution in [0.4, 0.5) is 14.5 Å². The zero-order chi connectivity index (χ0) is 28.5. The number of hydrogen-bond acceptors (Lipinski definition) is 2. The fourth-order valence-corrected chi connectivity index (χ4v) is 8.43. The van der Waals surface area contributed by atoms with Crippen LogP contribution in [0.15, 0.2) is 60.7 Å². The third-order valence-electron chi connectivity index (χ3n) is 9.45. The van der Waals surface area contributed by atoms with Crippen molar-refractivity contribution in [2.75, 3.05) is 5.32 Å². The lowest BCUT2D eigenvalue weighted by Gasteiger charge is -2.55. The van der Waals surface area contributed by atoms with Gasteiger partial charge in [0, 0.05) is 23.0 Å². The molecule has 0 unspecified atom stereocenters. The maximum Gasteiger partial charge on any atom is 0.354 e. The monoisotopic (exact) mass is 574 g/mol. The molecule has 4 aliphatic rings. The van der Waals surface area contributed by atoms with Crippen LogP contribution in [-0.2, 0) is 11.3 Å². The van der Waals surface area contributed by atoms with Crippen molar-refractivity contribution in [3.63, 3.8) is 0 Å². The summed E-state index contributed by atoms with van der Waals surface area (Å²) >= 11 is 6.24. The van der Waals surface area contributed by atoms with E-state index >= 15 is 0 Å². The number of carboxylic acids is 1. The number of nitrogens with zero attached hydrogens (tertiary/aromatic N) is 1. The van der Waals surface area contributed by atoms with E-state index in [4.69, 9.17) is 11.6 Å². The van der Waals surface area contributed by atoms with Crippen LogP contribution in [0.3, 0.4) is 0 Å². The van der Waals surface area contributed by atoms with Crippen molar-refractivity contribution in [3.05, 3.63) is 88.6 Å². The first-order chi connectivity index (χ1) is 19.7. The summed E-state index contributed by atoms with van der Waals surface area (Å²) in [5.41, 5.74) is 1.91. The van der Waals surface area contributed by atoms with Crippen molar-refractivity contribution < 1.29 is 23.5 Å². The van der Waals surface area contributed by atoms with E-state index in [2.05, 4.69) is 5.32 Å². The van der Waals surface area contributed by atoms with Crippen molar-refractivity contribution in [1.82, 2.24) is 4.57 Å². The second kappa shape index (κ2) is 9.69. The van der Waals surface area contributed by atoms with Crippen molar-refractivity contribution >= 4 is 40.1 Å². The van der Waals surface area contributed by atoms with Crippen LogP contribution >= 0.6 is 11.6 Å². The average molecular weight is 575 g/mol. The molecule has 1 aromatic heterocycles. The van der Waals surface area contributed by atoms with Gasteiger partial charge in [0.1, 0.15) is 11.6 Å². The summed E-state index contributed by atoms with van der Waals surface area (Å²) in [6, 6.07) is 15.6. The van der Waals surface area contributed by atoms with Gasteiger partial charge in [0.2, 0.25) is 5.91 Å². The molecular weight excluding hydrogens is 546 g/mol. The quantitative estimate of drug-likeness (QED) is 0.244. The Morgan fingerprint density at radius 3 is 2.17 bits per heavy atom. The zero-order valence-corrected chi connectivity index (χ0v) is 23.1. The summed E-state index contributed by atoms with van der Waals surface area (Å²) in [5, 5.41) is 14.7. The van der Waals surface area contributed by atoms with Gasteiger partial charge in [-0.15, -0.1) is 0 Å². The summed E-state index contributed by atoms with van der Waals surface area (Å²) in [7, 11) is 0. The van der Waals surface area contributed by atoms with E-state index in [1.165, 1.54) is 31.4 Å². The molecule has 4 aromatic rings. The van der Waals surface area contributed by atoms with E-state index in [9.17, 15) is 23.5 Å². The summed E-state index contributed by atoms with van der Waals surface area (Å²) in [5.74, 6) is -1.01. The Bertz CT molecular complexity index is 1670. The molecule has 8 rings (SSSR count). The van der Waals surface area contributed by atoms with Crippen LogP contribution in [-0.4, -0.2) is 21.6 Å². The second-order valence-electron chi connectivity index (χ2n) is 12.3. The molecule has 0 spiro atoms. The molecule has 4 aliphatic carbocycles. The molecular formula is C33H29ClF2N2O3. The fraction of sp³-hybridized carbons (Fsp3) is 0.333. The Labute approximate surface area is 241 Å². The van der Waals surface area contributed by atoms with Gasteiger partial charge in [-0.25, -0.2) is 13.6 Å². The number of fused-ring (bicyclic) bond motifs is 1. The van der Waals surface area contributed by atoms with Crippen LogP contribution in [0.25, 0.3) is 22.0 Å². The fourth-order valence-electron chi connectivity index (χ4n) is 8.22. The van der Waals surface area contributed by atoms with E-state index in [1.807, 2.05) is 6.07 Å². The molecule has 0 atom stereocenters. The first-order valence-electron chi connectivity index (χ1n) is 14.1. The Balaban J connectivity index is 1.37. The lowest BCUT2D eigenvalue weighted by Crippen LogP contribution is -2.51. The van der Waals surface area contributed by atoms with Crippen LogP contribution in [0.1, 0.15) is 54.6 Å². The topological polar surface area (TPSA) is 71.3 Å². The number of benzene rings is 3. The highest BCUT2D eigenvalue weighted by Crippen LogP contribution is 2.60. The van der Waals surface area contributed by atoms with E-state index in [1.54, 1.807) is 41.0 Å². The highest BCUT2D eigenvalue weighted by molar-refractivity contribution is 6.30. The van der Waals surface area contributed by atoms with Crippen LogP contribution in [0.5, 0.6) is 0 Å². The van der Waals surface area contributed by atoms with E-state index in [0.717, 1.165) is 30.9 Å². The molecule has 0 aliphatic heterocycles. The second-order valence-corrected chi connectivity index (χ2v) is 12.7. The van der Waals surface area contributed by atoms with E-state index in [-0.39, 0.29) is 23.8 Å². The normalized spacial score (nSPS) is 24.6. The minimum atomic E-state index is -1.18. The smallest absolute Gasteiger partial charge is 0.354 e. The number of anilines is 1. The summed E-state index contributed by atoms with van der Waals surface area (Å²) in [4.78, 5) is 26.9. The van der Waals surface area contributed by atoms with Gasteiger partial charge in [-0.05, 0) is 103 Å². The van der Waals surface area contributed by atoms with E-state index < -0.39 is 23.0 Å². The molecule has 4 saturated carbocycles. The molecule has 1 amide bonds. The number of nitrogens with one attached hydrogen (secondary N) is 1. The Hall–Kier alpha value is -3.71. The molecule has 4 fully saturated rings. The standard InChI is InChI=1S/C33H29ClF2N2O3/c34-24-3-1-2-18(9-24)17-38-28-12-22(23-10-25(35)13-26(36)11-23)4-5-27(28)29(30(38)31(39)40)37-32(41)33-14-19-6-20(15-33)8-21(7-19)16-33/h1-5,9-13,19-21H,6-8,14-17H2,(H,37,41)(H,39,40).